The Morgan fingerprint density at radius 3 is 2.60 bits per heavy atom. The second kappa shape index (κ2) is 8.28. The molecule has 3 N–H and O–H groups in total. The summed E-state index contributed by atoms with van der Waals surface area (Å²) in [4.78, 5) is 24.7. The molecule has 25 heavy (non-hydrogen) atoms. The van der Waals surface area contributed by atoms with Crippen molar-refractivity contribution in [3.8, 4) is 5.75 Å². The molecule has 2 rings (SSSR count). The molecule has 0 aromatic heterocycles. The van der Waals surface area contributed by atoms with Gasteiger partial charge in [0.15, 0.2) is 0 Å². The number of nitrogens with one attached hydrogen (secondary N) is 1. The number of rotatable bonds is 7. The summed E-state index contributed by atoms with van der Waals surface area (Å²) >= 11 is 0. The fourth-order valence-electron chi connectivity index (χ4n) is 2.31. The van der Waals surface area contributed by atoms with Gasteiger partial charge in [-0.2, -0.15) is 0 Å². The van der Waals surface area contributed by atoms with Gasteiger partial charge in [-0.05, 0) is 25.1 Å². The number of sulfonamides is 1. The third kappa shape index (κ3) is 4.91. The highest BCUT2D eigenvalue weighted by atomic mass is 32.2. The molecule has 1 heterocycles. The van der Waals surface area contributed by atoms with Crippen LogP contribution < -0.4 is 15.2 Å². The largest absolute Gasteiger partial charge is 0.492 e. The van der Waals surface area contributed by atoms with Crippen molar-refractivity contribution in [1.82, 2.24) is 9.62 Å². The third-order valence-corrected chi connectivity index (χ3v) is 5.02. The summed E-state index contributed by atoms with van der Waals surface area (Å²) in [6.07, 6.45) is 0. The van der Waals surface area contributed by atoms with Crippen LogP contribution in [-0.4, -0.2) is 64.6 Å². The van der Waals surface area contributed by atoms with Gasteiger partial charge in [0.2, 0.25) is 21.8 Å². The zero-order valence-corrected chi connectivity index (χ0v) is 14.7. The normalized spacial score (nSPS) is 15.0. The summed E-state index contributed by atoms with van der Waals surface area (Å²) in [6.45, 7) is 3.23. The first-order valence-corrected chi connectivity index (χ1v) is 9.25. The molecule has 1 aromatic carbocycles. The molecule has 0 radical (unpaired) electrons. The molecule has 138 valence electrons. The lowest BCUT2D eigenvalue weighted by atomic mass is 10.2. The van der Waals surface area contributed by atoms with E-state index in [1.165, 1.54) is 17.0 Å². The van der Waals surface area contributed by atoms with E-state index >= 15 is 0 Å². The maximum atomic E-state index is 12.6. The molecule has 0 aliphatic carbocycles. The van der Waals surface area contributed by atoms with Crippen molar-refractivity contribution in [2.24, 2.45) is 5.73 Å². The summed E-state index contributed by atoms with van der Waals surface area (Å²) in [6, 6.07) is 3.88. The van der Waals surface area contributed by atoms with Gasteiger partial charge in [0.25, 0.3) is 0 Å². The minimum Gasteiger partial charge on any atom is -0.492 e. The van der Waals surface area contributed by atoms with Crippen molar-refractivity contribution >= 4 is 21.8 Å². The number of benzene rings is 1. The van der Waals surface area contributed by atoms with Crippen molar-refractivity contribution in [2.75, 3.05) is 39.5 Å². The molecule has 10 heteroatoms. The van der Waals surface area contributed by atoms with Crippen molar-refractivity contribution < 1.29 is 27.5 Å². The first kappa shape index (κ1) is 19.2. The Kier molecular flexibility index (Phi) is 6.34. The van der Waals surface area contributed by atoms with Crippen LogP contribution in [-0.2, 0) is 19.6 Å². The van der Waals surface area contributed by atoms with Crippen LogP contribution in [0, 0.1) is 0 Å². The van der Waals surface area contributed by atoms with E-state index < -0.39 is 22.5 Å². The van der Waals surface area contributed by atoms with Crippen molar-refractivity contribution in [2.45, 2.75) is 11.8 Å². The van der Waals surface area contributed by atoms with E-state index in [0.29, 0.717) is 26.3 Å². The van der Waals surface area contributed by atoms with Crippen LogP contribution >= 0.6 is 0 Å². The lowest BCUT2D eigenvalue weighted by Crippen LogP contribution is -2.45. The quantitative estimate of drug-likeness (QED) is 0.654. The lowest BCUT2D eigenvalue weighted by molar-refractivity contribution is -0.133. The number of nitrogens with two attached hydrogens (primary N) is 1. The molecule has 1 saturated heterocycles. The SMILES string of the molecule is CCOc1ccc(C(N)=O)cc1S(=O)(=O)NCC(=O)N1CCOCC1. The third-order valence-electron chi connectivity index (χ3n) is 3.59. The van der Waals surface area contributed by atoms with Gasteiger partial charge >= 0.3 is 0 Å². The van der Waals surface area contributed by atoms with E-state index in [4.69, 9.17) is 15.2 Å². The molecular weight excluding hydrogens is 350 g/mol. The summed E-state index contributed by atoms with van der Waals surface area (Å²) in [5.41, 5.74) is 5.23. The van der Waals surface area contributed by atoms with Crippen LogP contribution in [0.2, 0.25) is 0 Å². The topological polar surface area (TPSA) is 128 Å². The maximum absolute atomic E-state index is 12.6. The molecule has 0 saturated carbocycles. The van der Waals surface area contributed by atoms with Crippen LogP contribution in [0.25, 0.3) is 0 Å². The highest BCUT2D eigenvalue weighted by molar-refractivity contribution is 7.89. The average Bonchev–Trinajstić information content (AvgIpc) is 2.61. The Balaban J connectivity index is 2.18. The number of nitrogens with zero attached hydrogens (tertiary/aromatic N) is 1. The van der Waals surface area contributed by atoms with Crippen LogP contribution in [0.4, 0.5) is 0 Å². The van der Waals surface area contributed by atoms with Gasteiger partial charge in [-0.3, -0.25) is 9.59 Å². The Bertz CT molecular complexity index is 744. The van der Waals surface area contributed by atoms with E-state index in [0.717, 1.165) is 6.07 Å². The summed E-state index contributed by atoms with van der Waals surface area (Å²) < 4.78 is 37.8. The van der Waals surface area contributed by atoms with E-state index in [9.17, 15) is 18.0 Å². The standard InChI is InChI=1S/C15H21N3O6S/c1-2-24-12-4-3-11(15(16)20)9-13(12)25(21,22)17-10-14(19)18-5-7-23-8-6-18/h3-4,9,17H,2,5-8,10H2,1H3,(H2,16,20). The van der Waals surface area contributed by atoms with Gasteiger partial charge < -0.3 is 20.1 Å². The minimum atomic E-state index is -4.06. The van der Waals surface area contributed by atoms with Crippen molar-refractivity contribution in [3.63, 3.8) is 0 Å². The summed E-state index contributed by atoms with van der Waals surface area (Å²) in [5.74, 6) is -1.03. The molecule has 1 aliphatic heterocycles. The molecule has 0 spiro atoms. The first-order valence-electron chi connectivity index (χ1n) is 7.77. The predicted molar refractivity (Wildman–Crippen MR) is 88.7 cm³/mol. The molecule has 1 aromatic rings. The fourth-order valence-corrected chi connectivity index (χ4v) is 3.45. The smallest absolute Gasteiger partial charge is 0.248 e. The zero-order valence-electron chi connectivity index (χ0n) is 13.9. The van der Waals surface area contributed by atoms with Gasteiger partial charge in [0.1, 0.15) is 10.6 Å². The second-order valence-corrected chi connectivity index (χ2v) is 7.01. The lowest BCUT2D eigenvalue weighted by Gasteiger charge is -2.26. The van der Waals surface area contributed by atoms with E-state index in [-0.39, 0.29) is 28.7 Å². The van der Waals surface area contributed by atoms with Gasteiger partial charge in [-0.1, -0.05) is 0 Å². The molecule has 1 aliphatic rings. The Labute approximate surface area is 146 Å². The first-order chi connectivity index (χ1) is 11.8. The van der Waals surface area contributed by atoms with E-state index in [2.05, 4.69) is 4.72 Å². The maximum Gasteiger partial charge on any atom is 0.248 e. The highest BCUT2D eigenvalue weighted by Crippen LogP contribution is 2.25. The number of primary amides is 1. The van der Waals surface area contributed by atoms with Gasteiger partial charge in [0, 0.05) is 18.7 Å². The number of ether oxygens (including phenoxy) is 2. The molecule has 2 amide bonds. The average molecular weight is 371 g/mol. The minimum absolute atomic E-state index is 0.0309. The Morgan fingerprint density at radius 2 is 2.00 bits per heavy atom. The predicted octanol–water partition coefficient (Wildman–Crippen LogP) is -0.679. The monoisotopic (exact) mass is 371 g/mol. The number of amides is 2. The van der Waals surface area contributed by atoms with Gasteiger partial charge in [0.05, 0.1) is 26.4 Å². The molecule has 9 nitrogen and oxygen atoms in total. The summed E-state index contributed by atoms with van der Waals surface area (Å²) in [5, 5.41) is 0. The number of carbonyl (C=O) groups excluding carboxylic acids is 2. The molecule has 0 unspecified atom stereocenters. The summed E-state index contributed by atoms with van der Waals surface area (Å²) in [7, 11) is -4.06. The molecule has 0 atom stereocenters. The Morgan fingerprint density at radius 1 is 1.32 bits per heavy atom. The van der Waals surface area contributed by atoms with Crippen molar-refractivity contribution in [3.05, 3.63) is 23.8 Å². The fraction of sp³-hybridized carbons (Fsp3) is 0.467. The van der Waals surface area contributed by atoms with E-state index in [1.807, 2.05) is 0 Å². The zero-order chi connectivity index (χ0) is 18.4. The molecular formula is C15H21N3O6S. The van der Waals surface area contributed by atoms with Crippen LogP contribution in [0.1, 0.15) is 17.3 Å². The van der Waals surface area contributed by atoms with Crippen LogP contribution in [0.5, 0.6) is 5.75 Å². The molecule has 0 bridgehead atoms. The van der Waals surface area contributed by atoms with Crippen molar-refractivity contribution in [1.29, 1.82) is 0 Å². The second-order valence-electron chi connectivity index (χ2n) is 5.28. The number of carbonyl (C=O) groups is 2. The number of hydrogen-bond donors (Lipinski definition) is 2. The Hall–Kier alpha value is -2.17. The van der Waals surface area contributed by atoms with E-state index in [1.54, 1.807) is 6.92 Å². The number of morpholine rings is 1. The van der Waals surface area contributed by atoms with Gasteiger partial charge in [-0.15, -0.1) is 0 Å². The molecule has 1 fully saturated rings. The highest BCUT2D eigenvalue weighted by Gasteiger charge is 2.24. The van der Waals surface area contributed by atoms with Crippen LogP contribution in [0.15, 0.2) is 23.1 Å². The van der Waals surface area contributed by atoms with Crippen LogP contribution in [0.3, 0.4) is 0 Å². The number of hydrogen-bond acceptors (Lipinski definition) is 6. The van der Waals surface area contributed by atoms with Gasteiger partial charge in [-0.25, -0.2) is 13.1 Å².